The van der Waals surface area contributed by atoms with Gasteiger partial charge in [0.15, 0.2) is 0 Å². The minimum atomic E-state index is -0.585. The van der Waals surface area contributed by atoms with Gasteiger partial charge in [-0.25, -0.2) is 4.39 Å². The van der Waals surface area contributed by atoms with E-state index in [9.17, 15) is 9.50 Å². The Balaban J connectivity index is 1.86. The highest BCUT2D eigenvalue weighted by molar-refractivity contribution is 5.31. The fraction of sp³-hybridized carbons (Fsp3) is 0.625. The Morgan fingerprint density at radius 3 is 2.55 bits per heavy atom. The Hall–Kier alpha value is -0.970. The van der Waals surface area contributed by atoms with Gasteiger partial charge in [0.05, 0.1) is 18.3 Å². The lowest BCUT2D eigenvalue weighted by atomic mass is 10.0. The molecule has 1 aromatic rings. The van der Waals surface area contributed by atoms with E-state index in [0.29, 0.717) is 12.1 Å². The Bertz CT molecular complexity index is 452. The molecule has 0 bridgehead atoms. The Morgan fingerprint density at radius 1 is 1.35 bits per heavy atom. The van der Waals surface area contributed by atoms with Gasteiger partial charge in [0.25, 0.3) is 0 Å². The molecule has 0 saturated heterocycles. The number of ether oxygens (including phenoxy) is 1. The molecule has 1 atom stereocenters. The largest absolute Gasteiger partial charge is 0.389 e. The fourth-order valence-electron chi connectivity index (χ4n) is 2.23. The van der Waals surface area contributed by atoms with Crippen molar-refractivity contribution >= 4 is 0 Å². The molecule has 2 rings (SSSR count). The van der Waals surface area contributed by atoms with Crippen molar-refractivity contribution in [3.63, 3.8) is 0 Å². The Kier molecular flexibility index (Phi) is 4.47. The Morgan fingerprint density at radius 2 is 2.00 bits per heavy atom. The molecule has 112 valence electrons. The molecule has 0 radical (unpaired) electrons. The zero-order valence-corrected chi connectivity index (χ0v) is 12.4. The topological polar surface area (TPSA) is 41.5 Å². The molecular weight excluding hydrogens is 257 g/mol. The van der Waals surface area contributed by atoms with E-state index >= 15 is 0 Å². The van der Waals surface area contributed by atoms with E-state index in [1.165, 1.54) is 6.07 Å². The van der Waals surface area contributed by atoms with Crippen molar-refractivity contribution in [3.05, 3.63) is 35.6 Å². The van der Waals surface area contributed by atoms with Crippen molar-refractivity contribution in [1.82, 2.24) is 5.32 Å². The summed E-state index contributed by atoms with van der Waals surface area (Å²) in [6.45, 7) is 6.55. The normalized spacial score (nSPS) is 18.9. The molecule has 1 unspecified atom stereocenters. The van der Waals surface area contributed by atoms with Crippen molar-refractivity contribution in [2.24, 2.45) is 0 Å². The standard InChI is InChI=1S/C16H24FNO2/c1-15(2,3)20-11-12(19)10-18-16(8-9-16)13-6-4-5-7-14(13)17/h4-7,12,18-19H,8-11H2,1-3H3. The first-order chi connectivity index (χ1) is 9.32. The lowest BCUT2D eigenvalue weighted by Gasteiger charge is -2.24. The average molecular weight is 281 g/mol. The number of aliphatic hydroxyl groups excluding tert-OH is 1. The molecule has 4 heteroatoms. The molecule has 1 aliphatic carbocycles. The van der Waals surface area contributed by atoms with Gasteiger partial charge in [-0.1, -0.05) is 18.2 Å². The van der Waals surface area contributed by atoms with Gasteiger partial charge in [-0.3, -0.25) is 0 Å². The van der Waals surface area contributed by atoms with Gasteiger partial charge in [-0.15, -0.1) is 0 Å². The quantitative estimate of drug-likeness (QED) is 0.842. The van der Waals surface area contributed by atoms with E-state index in [0.717, 1.165) is 12.8 Å². The summed E-state index contributed by atoms with van der Waals surface area (Å²) in [6.07, 6.45) is 1.22. The van der Waals surface area contributed by atoms with Crippen LogP contribution in [0.3, 0.4) is 0 Å². The summed E-state index contributed by atoms with van der Waals surface area (Å²) in [5, 5.41) is 13.2. The summed E-state index contributed by atoms with van der Waals surface area (Å²) in [5.41, 5.74) is 0.140. The fourth-order valence-corrected chi connectivity index (χ4v) is 2.23. The van der Waals surface area contributed by atoms with Crippen LogP contribution in [0, 0.1) is 5.82 Å². The molecule has 1 aliphatic rings. The molecule has 3 nitrogen and oxygen atoms in total. The third-order valence-electron chi connectivity index (χ3n) is 3.52. The molecule has 0 aromatic heterocycles. The van der Waals surface area contributed by atoms with Crippen LogP contribution in [0.4, 0.5) is 4.39 Å². The molecule has 2 N–H and O–H groups in total. The van der Waals surface area contributed by atoms with E-state index in [4.69, 9.17) is 4.74 Å². The van der Waals surface area contributed by atoms with E-state index < -0.39 is 6.10 Å². The van der Waals surface area contributed by atoms with Crippen molar-refractivity contribution in [3.8, 4) is 0 Å². The van der Waals surface area contributed by atoms with Gasteiger partial charge >= 0.3 is 0 Å². The zero-order chi connectivity index (χ0) is 14.8. The molecule has 1 aromatic carbocycles. The first kappa shape index (κ1) is 15.4. The number of aliphatic hydroxyl groups is 1. The lowest BCUT2D eigenvalue weighted by molar-refractivity contribution is -0.0486. The second-order valence-corrected chi connectivity index (χ2v) is 6.52. The minimum Gasteiger partial charge on any atom is -0.389 e. The van der Waals surface area contributed by atoms with Crippen LogP contribution < -0.4 is 5.32 Å². The molecule has 0 heterocycles. The summed E-state index contributed by atoms with van der Waals surface area (Å²) in [4.78, 5) is 0. The number of hydrogen-bond donors (Lipinski definition) is 2. The first-order valence-electron chi connectivity index (χ1n) is 7.14. The van der Waals surface area contributed by atoms with Crippen LogP contribution in [0.2, 0.25) is 0 Å². The highest BCUT2D eigenvalue weighted by Crippen LogP contribution is 2.46. The number of rotatable bonds is 6. The molecule has 1 fully saturated rings. The van der Waals surface area contributed by atoms with E-state index in [1.807, 2.05) is 32.9 Å². The highest BCUT2D eigenvalue weighted by atomic mass is 19.1. The Labute approximate surface area is 120 Å². The van der Waals surface area contributed by atoms with Crippen molar-refractivity contribution in [1.29, 1.82) is 0 Å². The van der Waals surface area contributed by atoms with Crippen LogP contribution in [0.15, 0.2) is 24.3 Å². The lowest BCUT2D eigenvalue weighted by Crippen LogP contribution is -2.39. The maximum Gasteiger partial charge on any atom is 0.128 e. The third kappa shape index (κ3) is 4.01. The van der Waals surface area contributed by atoms with Crippen LogP contribution in [0.1, 0.15) is 39.2 Å². The molecule has 1 saturated carbocycles. The summed E-state index contributed by atoms with van der Waals surface area (Å²) in [7, 11) is 0. The monoisotopic (exact) mass is 281 g/mol. The van der Waals surface area contributed by atoms with Crippen molar-refractivity contribution in [2.75, 3.05) is 13.2 Å². The van der Waals surface area contributed by atoms with E-state index in [-0.39, 0.29) is 23.6 Å². The number of benzene rings is 1. The SMILES string of the molecule is CC(C)(C)OCC(O)CNC1(c2ccccc2F)CC1. The van der Waals surface area contributed by atoms with Crippen molar-refractivity contribution in [2.45, 2.75) is 50.9 Å². The zero-order valence-electron chi connectivity index (χ0n) is 12.4. The van der Waals surface area contributed by atoms with E-state index in [1.54, 1.807) is 6.07 Å². The molecular formula is C16H24FNO2. The number of nitrogens with one attached hydrogen (secondary N) is 1. The number of hydrogen-bond acceptors (Lipinski definition) is 3. The van der Waals surface area contributed by atoms with Gasteiger partial charge in [0.1, 0.15) is 5.82 Å². The minimum absolute atomic E-state index is 0.182. The smallest absolute Gasteiger partial charge is 0.128 e. The predicted molar refractivity (Wildman–Crippen MR) is 77.0 cm³/mol. The predicted octanol–water partition coefficient (Wildman–Crippen LogP) is 2.58. The highest BCUT2D eigenvalue weighted by Gasteiger charge is 2.45. The van der Waals surface area contributed by atoms with Gasteiger partial charge < -0.3 is 15.2 Å². The first-order valence-corrected chi connectivity index (χ1v) is 7.14. The van der Waals surface area contributed by atoms with Crippen LogP contribution in [-0.2, 0) is 10.3 Å². The van der Waals surface area contributed by atoms with Gasteiger partial charge in [-0.05, 0) is 39.7 Å². The van der Waals surface area contributed by atoms with E-state index in [2.05, 4.69) is 5.32 Å². The third-order valence-corrected chi connectivity index (χ3v) is 3.52. The second-order valence-electron chi connectivity index (χ2n) is 6.52. The number of halogens is 1. The van der Waals surface area contributed by atoms with Crippen LogP contribution in [0.25, 0.3) is 0 Å². The second kappa shape index (κ2) is 5.80. The molecule has 0 aliphatic heterocycles. The van der Waals surface area contributed by atoms with Crippen LogP contribution in [0.5, 0.6) is 0 Å². The summed E-state index contributed by atoms with van der Waals surface area (Å²) >= 11 is 0. The van der Waals surface area contributed by atoms with Gasteiger partial charge in [0.2, 0.25) is 0 Å². The van der Waals surface area contributed by atoms with Crippen LogP contribution >= 0.6 is 0 Å². The maximum absolute atomic E-state index is 13.8. The molecule has 20 heavy (non-hydrogen) atoms. The average Bonchev–Trinajstić information content (AvgIpc) is 3.15. The van der Waals surface area contributed by atoms with Crippen LogP contribution in [-0.4, -0.2) is 30.0 Å². The van der Waals surface area contributed by atoms with Gasteiger partial charge in [-0.2, -0.15) is 0 Å². The van der Waals surface area contributed by atoms with Crippen molar-refractivity contribution < 1.29 is 14.2 Å². The summed E-state index contributed by atoms with van der Waals surface area (Å²) < 4.78 is 19.4. The summed E-state index contributed by atoms with van der Waals surface area (Å²) in [5.74, 6) is -0.182. The van der Waals surface area contributed by atoms with Gasteiger partial charge in [0, 0.05) is 17.6 Å². The molecule has 0 spiro atoms. The summed E-state index contributed by atoms with van der Waals surface area (Å²) in [6, 6.07) is 6.84. The maximum atomic E-state index is 13.8. The molecule has 0 amide bonds.